The second-order valence-electron chi connectivity index (χ2n) is 3.75. The van der Waals surface area contributed by atoms with Crippen molar-refractivity contribution in [2.75, 3.05) is 5.75 Å². The minimum absolute atomic E-state index is 0.0216. The van der Waals surface area contributed by atoms with E-state index in [4.69, 9.17) is 5.11 Å². The van der Waals surface area contributed by atoms with Crippen LogP contribution in [0, 0.1) is 3.57 Å². The number of nitrogens with zero attached hydrogens (tertiary/aromatic N) is 3. The van der Waals surface area contributed by atoms with Crippen LogP contribution < -0.4 is 0 Å². The largest absolute Gasteiger partial charge is 0.481 e. The van der Waals surface area contributed by atoms with Crippen LogP contribution in [-0.4, -0.2) is 31.6 Å². The smallest absolute Gasteiger partial charge is 0.313 e. The number of rotatable bonds is 5. The lowest BCUT2D eigenvalue weighted by Crippen LogP contribution is -2.04. The molecule has 19 heavy (non-hydrogen) atoms. The second kappa shape index (κ2) is 6.38. The number of hydrogen-bond acceptors (Lipinski definition) is 4. The number of thioether (sulfide) groups is 1. The number of carboxylic acids is 1. The third kappa shape index (κ3) is 3.47. The molecule has 0 aliphatic rings. The van der Waals surface area contributed by atoms with Gasteiger partial charge in [-0.05, 0) is 46.9 Å². The van der Waals surface area contributed by atoms with Gasteiger partial charge in [-0.1, -0.05) is 18.7 Å². The maximum atomic E-state index is 10.7. The summed E-state index contributed by atoms with van der Waals surface area (Å²) in [6.07, 6.45) is 0.743. The highest BCUT2D eigenvalue weighted by Crippen LogP contribution is 2.22. The highest BCUT2D eigenvalue weighted by molar-refractivity contribution is 14.1. The van der Waals surface area contributed by atoms with Crippen molar-refractivity contribution < 1.29 is 9.90 Å². The Morgan fingerprint density at radius 2 is 2.05 bits per heavy atom. The molecule has 0 saturated carbocycles. The summed E-state index contributed by atoms with van der Waals surface area (Å²) < 4.78 is 3.05. The first-order valence-electron chi connectivity index (χ1n) is 5.66. The fourth-order valence-electron chi connectivity index (χ4n) is 1.60. The van der Waals surface area contributed by atoms with Gasteiger partial charge in [-0.2, -0.15) is 0 Å². The molecule has 100 valence electrons. The van der Waals surface area contributed by atoms with E-state index >= 15 is 0 Å². The number of aryl methyl sites for hydroxylation is 1. The molecule has 1 aromatic heterocycles. The molecule has 0 unspecified atom stereocenters. The summed E-state index contributed by atoms with van der Waals surface area (Å²) in [6, 6.07) is 7.96. The maximum Gasteiger partial charge on any atom is 0.313 e. The lowest BCUT2D eigenvalue weighted by Gasteiger charge is -2.08. The quantitative estimate of drug-likeness (QED) is 0.629. The summed E-state index contributed by atoms with van der Waals surface area (Å²) in [7, 11) is 0. The minimum Gasteiger partial charge on any atom is -0.481 e. The molecule has 0 fully saturated rings. The fraction of sp³-hybridized carbons (Fsp3) is 0.250. The fourth-order valence-corrected chi connectivity index (χ4v) is 2.65. The van der Waals surface area contributed by atoms with E-state index in [1.165, 1.54) is 11.8 Å². The Bertz CT molecular complexity index is 583. The molecule has 0 saturated heterocycles. The van der Waals surface area contributed by atoms with Crippen molar-refractivity contribution in [1.82, 2.24) is 14.8 Å². The van der Waals surface area contributed by atoms with Gasteiger partial charge in [0.05, 0.1) is 5.75 Å². The van der Waals surface area contributed by atoms with Crippen LogP contribution >= 0.6 is 34.4 Å². The predicted molar refractivity (Wildman–Crippen MR) is 81.8 cm³/mol. The van der Waals surface area contributed by atoms with Gasteiger partial charge in [-0.25, -0.2) is 0 Å². The summed E-state index contributed by atoms with van der Waals surface area (Å²) in [5.41, 5.74) is 0.954. The Morgan fingerprint density at radius 1 is 1.37 bits per heavy atom. The van der Waals surface area contributed by atoms with Gasteiger partial charge in [-0.3, -0.25) is 9.36 Å². The molecular weight excluding hydrogens is 377 g/mol. The zero-order valence-corrected chi connectivity index (χ0v) is 13.2. The van der Waals surface area contributed by atoms with Crippen LogP contribution in [-0.2, 0) is 11.2 Å². The number of halogens is 1. The Balaban J connectivity index is 2.38. The standard InChI is InChI=1S/C12H12IN3O2S/c1-2-10-14-15-12(19-7-11(17)18)16(10)9-5-3-8(13)4-6-9/h3-6H,2,7H2,1H3,(H,17,18). The van der Waals surface area contributed by atoms with Crippen molar-refractivity contribution >= 4 is 40.3 Å². The van der Waals surface area contributed by atoms with Gasteiger partial charge in [0.25, 0.3) is 0 Å². The predicted octanol–water partition coefficient (Wildman–Crippen LogP) is 2.61. The summed E-state index contributed by atoms with van der Waals surface area (Å²) in [5.74, 6) is -0.0547. The topological polar surface area (TPSA) is 68.0 Å². The molecule has 2 rings (SSSR count). The van der Waals surface area contributed by atoms with E-state index in [1.807, 2.05) is 35.8 Å². The Kier molecular flexibility index (Phi) is 4.81. The first kappa shape index (κ1) is 14.3. The van der Waals surface area contributed by atoms with Gasteiger partial charge >= 0.3 is 5.97 Å². The third-order valence-corrected chi connectivity index (χ3v) is 4.06. The lowest BCUT2D eigenvalue weighted by molar-refractivity contribution is -0.133. The van der Waals surface area contributed by atoms with Crippen molar-refractivity contribution in [3.05, 3.63) is 33.7 Å². The highest BCUT2D eigenvalue weighted by atomic mass is 127. The molecule has 1 N–H and O–H groups in total. The van der Waals surface area contributed by atoms with Crippen molar-refractivity contribution in [3.63, 3.8) is 0 Å². The van der Waals surface area contributed by atoms with Crippen LogP contribution in [0.2, 0.25) is 0 Å². The monoisotopic (exact) mass is 389 g/mol. The number of aromatic nitrogens is 3. The Morgan fingerprint density at radius 3 is 2.63 bits per heavy atom. The van der Waals surface area contributed by atoms with Gasteiger partial charge < -0.3 is 5.11 Å². The van der Waals surface area contributed by atoms with Crippen LogP contribution in [0.3, 0.4) is 0 Å². The molecule has 0 aliphatic heterocycles. The zero-order chi connectivity index (χ0) is 13.8. The average molecular weight is 389 g/mol. The second-order valence-corrected chi connectivity index (χ2v) is 5.93. The summed E-state index contributed by atoms with van der Waals surface area (Å²) >= 11 is 3.42. The average Bonchev–Trinajstić information content (AvgIpc) is 2.80. The van der Waals surface area contributed by atoms with Gasteiger partial charge in [0.2, 0.25) is 0 Å². The van der Waals surface area contributed by atoms with Crippen LogP contribution in [0.1, 0.15) is 12.7 Å². The Hall–Kier alpha value is -1.09. The number of carbonyl (C=O) groups is 1. The van der Waals surface area contributed by atoms with Crippen LogP contribution in [0.15, 0.2) is 29.4 Å². The van der Waals surface area contributed by atoms with E-state index in [0.717, 1.165) is 21.5 Å². The van der Waals surface area contributed by atoms with Gasteiger partial charge in [-0.15, -0.1) is 10.2 Å². The molecule has 5 nitrogen and oxygen atoms in total. The molecule has 0 bridgehead atoms. The van der Waals surface area contributed by atoms with E-state index in [0.29, 0.717) is 5.16 Å². The SMILES string of the molecule is CCc1nnc(SCC(=O)O)n1-c1ccc(I)cc1. The number of benzene rings is 1. The molecule has 0 amide bonds. The number of hydrogen-bond donors (Lipinski definition) is 1. The third-order valence-electron chi connectivity index (χ3n) is 2.43. The molecule has 0 spiro atoms. The summed E-state index contributed by atoms with van der Waals surface area (Å²) in [5, 5.41) is 17.5. The van der Waals surface area contributed by atoms with Crippen molar-refractivity contribution in [2.45, 2.75) is 18.5 Å². The van der Waals surface area contributed by atoms with Crippen molar-refractivity contribution in [1.29, 1.82) is 0 Å². The zero-order valence-electron chi connectivity index (χ0n) is 10.2. The molecule has 1 heterocycles. The lowest BCUT2D eigenvalue weighted by atomic mass is 10.3. The molecular formula is C12H12IN3O2S. The minimum atomic E-state index is -0.861. The molecule has 0 atom stereocenters. The first-order chi connectivity index (χ1) is 9.11. The Labute approximate surface area is 128 Å². The van der Waals surface area contributed by atoms with E-state index < -0.39 is 5.97 Å². The van der Waals surface area contributed by atoms with E-state index in [2.05, 4.69) is 32.8 Å². The molecule has 7 heteroatoms. The molecule has 0 aliphatic carbocycles. The van der Waals surface area contributed by atoms with E-state index in [9.17, 15) is 4.79 Å². The normalized spacial score (nSPS) is 10.6. The molecule has 1 aromatic carbocycles. The molecule has 0 radical (unpaired) electrons. The summed E-state index contributed by atoms with van der Waals surface area (Å²) in [6.45, 7) is 2.00. The number of aliphatic carboxylic acids is 1. The van der Waals surface area contributed by atoms with E-state index in [-0.39, 0.29) is 5.75 Å². The van der Waals surface area contributed by atoms with Crippen LogP contribution in [0.4, 0.5) is 0 Å². The van der Waals surface area contributed by atoms with E-state index in [1.54, 1.807) is 0 Å². The van der Waals surface area contributed by atoms with Crippen molar-refractivity contribution in [3.8, 4) is 5.69 Å². The number of carboxylic acid groups (broad SMARTS) is 1. The van der Waals surface area contributed by atoms with Crippen LogP contribution in [0.25, 0.3) is 5.69 Å². The van der Waals surface area contributed by atoms with Crippen LogP contribution in [0.5, 0.6) is 0 Å². The first-order valence-corrected chi connectivity index (χ1v) is 7.73. The van der Waals surface area contributed by atoms with Gasteiger partial charge in [0.1, 0.15) is 5.82 Å². The van der Waals surface area contributed by atoms with Gasteiger partial charge in [0.15, 0.2) is 5.16 Å². The van der Waals surface area contributed by atoms with Gasteiger partial charge in [0, 0.05) is 15.7 Å². The molecule has 2 aromatic rings. The van der Waals surface area contributed by atoms with Crippen molar-refractivity contribution in [2.24, 2.45) is 0 Å². The maximum absolute atomic E-state index is 10.7. The summed E-state index contributed by atoms with van der Waals surface area (Å²) in [4.78, 5) is 10.7. The highest BCUT2D eigenvalue weighted by Gasteiger charge is 2.14.